The first-order chi connectivity index (χ1) is 11.5. The molecule has 2 rings (SSSR count). The van der Waals surface area contributed by atoms with Gasteiger partial charge in [0.2, 0.25) is 0 Å². The van der Waals surface area contributed by atoms with Gasteiger partial charge < -0.3 is 15.2 Å². The predicted octanol–water partition coefficient (Wildman–Crippen LogP) is 1.70. The van der Waals surface area contributed by atoms with E-state index in [1.54, 1.807) is 12.5 Å². The second-order valence-electron chi connectivity index (χ2n) is 5.11. The summed E-state index contributed by atoms with van der Waals surface area (Å²) in [4.78, 5) is 15.7. The number of halogens is 1. The number of sulfone groups is 1. The highest BCUT2D eigenvalue weighted by molar-refractivity contribution is 7.91. The molecule has 2 amide bonds. The third kappa shape index (κ3) is 5.86. The van der Waals surface area contributed by atoms with Crippen LogP contribution in [0.3, 0.4) is 0 Å². The molecule has 7 nitrogen and oxygen atoms in total. The number of amides is 2. The van der Waals surface area contributed by atoms with Crippen molar-refractivity contribution in [2.75, 3.05) is 18.8 Å². The molecular formula is C15H19ClN4O3S. The molecule has 0 aliphatic carbocycles. The predicted molar refractivity (Wildman–Crippen MR) is 91.8 cm³/mol. The number of hydrogen-bond acceptors (Lipinski definition) is 4. The van der Waals surface area contributed by atoms with Crippen LogP contribution in [0.15, 0.2) is 47.9 Å². The number of hydrogen-bond donors (Lipinski definition) is 2. The Kier molecular flexibility index (Phi) is 6.62. The maximum absolute atomic E-state index is 12.1. The largest absolute Gasteiger partial charge is 0.338 e. The van der Waals surface area contributed by atoms with Gasteiger partial charge in [0.1, 0.15) is 0 Å². The zero-order valence-corrected chi connectivity index (χ0v) is 14.6. The molecule has 130 valence electrons. The van der Waals surface area contributed by atoms with Crippen LogP contribution in [-0.2, 0) is 16.4 Å². The summed E-state index contributed by atoms with van der Waals surface area (Å²) in [5, 5.41) is 5.70. The van der Waals surface area contributed by atoms with E-state index in [4.69, 9.17) is 11.6 Å². The molecule has 0 atom stereocenters. The minimum absolute atomic E-state index is 0.0400. The molecular weight excluding hydrogens is 352 g/mol. The summed E-state index contributed by atoms with van der Waals surface area (Å²) in [5.41, 5.74) is 0. The van der Waals surface area contributed by atoms with E-state index in [1.807, 2.05) is 10.8 Å². The number of benzene rings is 1. The average molecular weight is 371 g/mol. The summed E-state index contributed by atoms with van der Waals surface area (Å²) >= 11 is 5.74. The quantitative estimate of drug-likeness (QED) is 0.691. The zero-order chi connectivity index (χ0) is 17.4. The van der Waals surface area contributed by atoms with E-state index in [0.717, 1.165) is 13.0 Å². The fraction of sp³-hybridized carbons (Fsp3) is 0.333. The number of carbonyl (C=O) groups excluding carboxylic acids is 1. The molecule has 24 heavy (non-hydrogen) atoms. The van der Waals surface area contributed by atoms with Crippen LogP contribution < -0.4 is 10.6 Å². The van der Waals surface area contributed by atoms with E-state index in [-0.39, 0.29) is 23.2 Å². The van der Waals surface area contributed by atoms with Gasteiger partial charge in [0.05, 0.1) is 17.0 Å². The molecule has 0 fully saturated rings. The standard InChI is InChI=1S/C15H19ClN4O3S/c16-13-2-4-14(5-3-13)24(22,23)11-8-19-15(21)18-6-1-9-20-10-7-17-12-20/h2-5,7,10,12H,1,6,8-9,11H2,(H2,18,19,21). The lowest BCUT2D eigenvalue weighted by Gasteiger charge is -2.08. The van der Waals surface area contributed by atoms with Crippen LogP contribution in [-0.4, -0.2) is 42.8 Å². The molecule has 2 aromatic rings. The Balaban J connectivity index is 1.65. The van der Waals surface area contributed by atoms with Crippen LogP contribution in [0.4, 0.5) is 4.79 Å². The number of urea groups is 1. The topological polar surface area (TPSA) is 93.1 Å². The summed E-state index contributed by atoms with van der Waals surface area (Å²) in [6, 6.07) is 5.57. The number of aromatic nitrogens is 2. The van der Waals surface area contributed by atoms with Gasteiger partial charge in [-0.3, -0.25) is 0 Å². The summed E-state index contributed by atoms with van der Waals surface area (Å²) < 4.78 is 26.1. The first-order valence-electron chi connectivity index (χ1n) is 7.43. The Morgan fingerprint density at radius 3 is 2.54 bits per heavy atom. The van der Waals surface area contributed by atoms with Gasteiger partial charge in [-0.25, -0.2) is 18.2 Å². The van der Waals surface area contributed by atoms with E-state index in [2.05, 4.69) is 15.6 Å². The van der Waals surface area contributed by atoms with Crippen molar-refractivity contribution >= 4 is 27.5 Å². The van der Waals surface area contributed by atoms with Crippen molar-refractivity contribution in [3.8, 4) is 0 Å². The number of nitrogens with one attached hydrogen (secondary N) is 2. The number of nitrogens with zero attached hydrogens (tertiary/aromatic N) is 2. The van der Waals surface area contributed by atoms with Gasteiger partial charge in [0.25, 0.3) is 0 Å². The maximum Gasteiger partial charge on any atom is 0.314 e. The molecule has 0 aliphatic heterocycles. The van der Waals surface area contributed by atoms with E-state index in [1.165, 1.54) is 24.3 Å². The summed E-state index contributed by atoms with van der Waals surface area (Å²) in [7, 11) is -3.44. The summed E-state index contributed by atoms with van der Waals surface area (Å²) in [6.45, 7) is 1.29. The van der Waals surface area contributed by atoms with Crippen molar-refractivity contribution in [1.29, 1.82) is 0 Å². The van der Waals surface area contributed by atoms with Gasteiger partial charge in [-0.15, -0.1) is 0 Å². The van der Waals surface area contributed by atoms with Crippen LogP contribution in [0.2, 0.25) is 5.02 Å². The Hall–Kier alpha value is -2.06. The lowest BCUT2D eigenvalue weighted by Crippen LogP contribution is -2.38. The van der Waals surface area contributed by atoms with E-state index < -0.39 is 9.84 Å². The normalized spacial score (nSPS) is 11.2. The molecule has 9 heteroatoms. The van der Waals surface area contributed by atoms with Crippen LogP contribution in [0.1, 0.15) is 6.42 Å². The highest BCUT2D eigenvalue weighted by atomic mass is 35.5. The van der Waals surface area contributed by atoms with Crippen LogP contribution in [0.5, 0.6) is 0 Å². The van der Waals surface area contributed by atoms with Gasteiger partial charge >= 0.3 is 6.03 Å². The first-order valence-corrected chi connectivity index (χ1v) is 9.46. The molecule has 0 bridgehead atoms. The van der Waals surface area contributed by atoms with Crippen molar-refractivity contribution in [3.63, 3.8) is 0 Å². The smallest absolute Gasteiger partial charge is 0.314 e. The lowest BCUT2D eigenvalue weighted by molar-refractivity contribution is 0.241. The Morgan fingerprint density at radius 2 is 1.88 bits per heavy atom. The Labute approximate surface area is 146 Å². The third-order valence-electron chi connectivity index (χ3n) is 3.27. The maximum atomic E-state index is 12.1. The molecule has 0 saturated heterocycles. The van der Waals surface area contributed by atoms with Gasteiger partial charge in [-0.1, -0.05) is 11.6 Å². The highest BCUT2D eigenvalue weighted by Gasteiger charge is 2.14. The van der Waals surface area contributed by atoms with Crippen molar-refractivity contribution in [2.45, 2.75) is 17.9 Å². The molecule has 1 aromatic heterocycles. The van der Waals surface area contributed by atoms with Crippen molar-refractivity contribution < 1.29 is 13.2 Å². The number of carbonyl (C=O) groups is 1. The van der Waals surface area contributed by atoms with E-state index >= 15 is 0 Å². The SMILES string of the molecule is O=C(NCCCn1ccnc1)NCCS(=O)(=O)c1ccc(Cl)cc1. The van der Waals surface area contributed by atoms with E-state index in [9.17, 15) is 13.2 Å². The summed E-state index contributed by atoms with van der Waals surface area (Å²) in [5.74, 6) is -0.170. The molecule has 0 unspecified atom stereocenters. The first kappa shape index (κ1) is 18.3. The second kappa shape index (κ2) is 8.70. The van der Waals surface area contributed by atoms with Crippen molar-refractivity contribution in [1.82, 2.24) is 20.2 Å². The average Bonchev–Trinajstić information content (AvgIpc) is 3.05. The molecule has 2 N–H and O–H groups in total. The second-order valence-corrected chi connectivity index (χ2v) is 7.66. The number of imidazole rings is 1. The van der Waals surface area contributed by atoms with Crippen LogP contribution >= 0.6 is 11.6 Å². The fourth-order valence-corrected chi connectivity index (χ4v) is 3.29. The van der Waals surface area contributed by atoms with E-state index in [0.29, 0.717) is 11.6 Å². The highest BCUT2D eigenvalue weighted by Crippen LogP contribution is 2.14. The van der Waals surface area contributed by atoms with Crippen LogP contribution in [0.25, 0.3) is 0 Å². The molecule has 0 radical (unpaired) electrons. The molecule has 1 aromatic carbocycles. The molecule has 1 heterocycles. The Morgan fingerprint density at radius 1 is 1.17 bits per heavy atom. The molecule has 0 aliphatic rings. The van der Waals surface area contributed by atoms with Gasteiger partial charge in [0.15, 0.2) is 9.84 Å². The number of rotatable bonds is 8. The van der Waals surface area contributed by atoms with Crippen LogP contribution in [0, 0.1) is 0 Å². The van der Waals surface area contributed by atoms with Crippen molar-refractivity contribution in [3.05, 3.63) is 48.0 Å². The third-order valence-corrected chi connectivity index (χ3v) is 5.25. The zero-order valence-electron chi connectivity index (χ0n) is 13.0. The lowest BCUT2D eigenvalue weighted by atomic mass is 10.4. The molecule has 0 spiro atoms. The molecule has 0 saturated carbocycles. The summed E-state index contributed by atoms with van der Waals surface area (Å²) in [6.07, 6.45) is 6.01. The van der Waals surface area contributed by atoms with Gasteiger partial charge in [-0.2, -0.15) is 0 Å². The number of aryl methyl sites for hydroxylation is 1. The Bertz CT molecular complexity index is 746. The van der Waals surface area contributed by atoms with Gasteiger partial charge in [0, 0.05) is 37.1 Å². The fourth-order valence-electron chi connectivity index (χ4n) is 2.00. The minimum atomic E-state index is -3.44. The monoisotopic (exact) mass is 370 g/mol. The van der Waals surface area contributed by atoms with Gasteiger partial charge in [-0.05, 0) is 30.7 Å². The van der Waals surface area contributed by atoms with Crippen molar-refractivity contribution in [2.24, 2.45) is 0 Å². The minimum Gasteiger partial charge on any atom is -0.338 e.